The molecule has 1 aliphatic heterocycles. The van der Waals surface area contributed by atoms with Gasteiger partial charge in [0.15, 0.2) is 17.4 Å². The summed E-state index contributed by atoms with van der Waals surface area (Å²) >= 11 is 0. The predicted molar refractivity (Wildman–Crippen MR) is 169 cm³/mol. The third-order valence-corrected chi connectivity index (χ3v) is 8.94. The molecule has 1 amide bonds. The van der Waals surface area contributed by atoms with Gasteiger partial charge in [0, 0.05) is 44.8 Å². The van der Waals surface area contributed by atoms with Gasteiger partial charge < -0.3 is 28.3 Å². The smallest absolute Gasteiger partial charge is 0.411 e. The molecule has 45 heavy (non-hydrogen) atoms. The Morgan fingerprint density at radius 2 is 1.82 bits per heavy atom. The van der Waals surface area contributed by atoms with E-state index in [0.29, 0.717) is 30.9 Å². The average Bonchev–Trinajstić information content (AvgIpc) is 3.33. The molecule has 9 nitrogen and oxygen atoms in total. The molecule has 240 valence electrons. The number of anilines is 1. The fourth-order valence-electron chi connectivity index (χ4n) is 5.00. The maximum absolute atomic E-state index is 15.3. The van der Waals surface area contributed by atoms with E-state index in [9.17, 15) is 4.79 Å². The van der Waals surface area contributed by atoms with E-state index in [0.717, 1.165) is 29.3 Å². The first kappa shape index (κ1) is 32.5. The van der Waals surface area contributed by atoms with Crippen LogP contribution in [0.5, 0.6) is 11.5 Å². The van der Waals surface area contributed by atoms with Crippen molar-refractivity contribution in [2.24, 2.45) is 0 Å². The van der Waals surface area contributed by atoms with Crippen LogP contribution in [0.1, 0.15) is 25.0 Å². The number of rotatable bonds is 13. The summed E-state index contributed by atoms with van der Waals surface area (Å²) in [4.78, 5) is 16.8. The zero-order valence-electron chi connectivity index (χ0n) is 26.2. The van der Waals surface area contributed by atoms with E-state index in [-0.39, 0.29) is 30.9 Å². The van der Waals surface area contributed by atoms with Gasteiger partial charge in [-0.2, -0.15) is 0 Å². The number of amides is 1. The first-order valence-electron chi connectivity index (χ1n) is 14.9. The summed E-state index contributed by atoms with van der Waals surface area (Å²) < 4.78 is 61.6. The van der Waals surface area contributed by atoms with Crippen LogP contribution in [0.15, 0.2) is 60.9 Å². The van der Waals surface area contributed by atoms with Crippen molar-refractivity contribution in [1.82, 2.24) is 9.55 Å². The maximum Gasteiger partial charge on any atom is 0.411 e. The maximum atomic E-state index is 15.3. The first-order valence-corrected chi connectivity index (χ1v) is 18.6. The van der Waals surface area contributed by atoms with Crippen molar-refractivity contribution >= 4 is 30.9 Å². The first-order chi connectivity index (χ1) is 21.4. The Bertz CT molecular complexity index is 1610. The van der Waals surface area contributed by atoms with Crippen LogP contribution >= 0.6 is 0 Å². The lowest BCUT2D eigenvalue weighted by Gasteiger charge is -2.42. The Kier molecular flexibility index (Phi) is 9.87. The number of nitrogens with one attached hydrogen (secondary N) is 1. The van der Waals surface area contributed by atoms with Crippen LogP contribution in [0, 0.1) is 11.6 Å². The molecular formula is C33H39F2N3O6Si. The van der Waals surface area contributed by atoms with Gasteiger partial charge in [0.05, 0.1) is 30.4 Å². The van der Waals surface area contributed by atoms with Gasteiger partial charge in [-0.1, -0.05) is 50.0 Å². The molecule has 0 aliphatic carbocycles. The SMILES string of the molecule is CC(C)OC1(c2cn(COCC[Si](C)(C)C)c3nccc(Oc4c(F)cc(NC(=O)OCc5ccccc5)cc4F)c23)COC1. The van der Waals surface area contributed by atoms with E-state index in [1.54, 1.807) is 18.2 Å². The number of hydrogen-bond acceptors (Lipinski definition) is 7. The second-order valence-corrected chi connectivity index (χ2v) is 18.2. The van der Waals surface area contributed by atoms with Crippen LogP contribution in [-0.4, -0.2) is 49.6 Å². The zero-order valence-corrected chi connectivity index (χ0v) is 27.2. The van der Waals surface area contributed by atoms with Crippen LogP contribution in [0.3, 0.4) is 0 Å². The number of benzene rings is 2. The summed E-state index contributed by atoms with van der Waals surface area (Å²) in [5, 5.41) is 2.90. The summed E-state index contributed by atoms with van der Waals surface area (Å²) in [5.74, 6) is -2.45. The fraction of sp³-hybridized carbons (Fsp3) is 0.394. The summed E-state index contributed by atoms with van der Waals surface area (Å²) in [6.45, 7) is 12.2. The van der Waals surface area contributed by atoms with Crippen molar-refractivity contribution in [3.05, 3.63) is 83.7 Å². The molecule has 0 saturated carbocycles. The summed E-state index contributed by atoms with van der Waals surface area (Å²) in [7, 11) is -1.29. The number of carbonyl (C=O) groups excluding carboxylic acids is 1. The molecule has 0 radical (unpaired) electrons. The zero-order chi connectivity index (χ0) is 32.2. The number of hydrogen-bond donors (Lipinski definition) is 1. The highest BCUT2D eigenvalue weighted by molar-refractivity contribution is 6.76. The molecule has 1 N–H and O–H groups in total. The number of carbonyl (C=O) groups is 1. The van der Waals surface area contributed by atoms with E-state index in [4.69, 9.17) is 23.7 Å². The van der Waals surface area contributed by atoms with Crippen LogP contribution in [-0.2, 0) is 37.9 Å². The van der Waals surface area contributed by atoms with Gasteiger partial charge in [-0.25, -0.2) is 18.6 Å². The van der Waals surface area contributed by atoms with Crippen molar-refractivity contribution in [3.8, 4) is 11.5 Å². The summed E-state index contributed by atoms with van der Waals surface area (Å²) in [6, 6.07) is 13.6. The Balaban J connectivity index is 1.41. The van der Waals surface area contributed by atoms with Gasteiger partial charge in [-0.05, 0) is 31.5 Å². The van der Waals surface area contributed by atoms with E-state index >= 15 is 8.78 Å². The normalized spacial score (nSPS) is 14.4. The molecule has 4 aromatic rings. The Morgan fingerprint density at radius 3 is 2.44 bits per heavy atom. The highest BCUT2D eigenvalue weighted by Crippen LogP contribution is 2.44. The monoisotopic (exact) mass is 639 g/mol. The summed E-state index contributed by atoms with van der Waals surface area (Å²) in [6.07, 6.45) is 2.45. The van der Waals surface area contributed by atoms with E-state index < -0.39 is 37.2 Å². The number of nitrogens with zero attached hydrogens (tertiary/aromatic N) is 2. The lowest BCUT2D eigenvalue weighted by atomic mass is 9.91. The van der Waals surface area contributed by atoms with Gasteiger partial charge in [-0.3, -0.25) is 5.32 Å². The molecule has 12 heteroatoms. The average molecular weight is 640 g/mol. The van der Waals surface area contributed by atoms with E-state index in [1.165, 1.54) is 6.20 Å². The Labute approximate surface area is 262 Å². The minimum absolute atomic E-state index is 0.00919. The van der Waals surface area contributed by atoms with E-state index in [1.807, 2.05) is 42.8 Å². The standard InChI is InChI=1S/C33H39F2N3O6Si/c1-22(2)44-33(19-41-20-33)25-17-38(21-40-13-14-45(3,4)5)31-29(25)28(11-12-36-31)43-30-26(34)15-24(16-27(30)35)37-32(39)42-18-23-9-7-6-8-10-23/h6-12,15-17,22H,13-14,18-21H2,1-5H3,(H,37,39). The Hall–Kier alpha value is -3.84. The molecule has 1 saturated heterocycles. The lowest BCUT2D eigenvalue weighted by molar-refractivity contribution is -0.231. The van der Waals surface area contributed by atoms with Gasteiger partial charge >= 0.3 is 6.09 Å². The molecule has 0 spiro atoms. The van der Waals surface area contributed by atoms with Gasteiger partial charge in [-0.15, -0.1) is 0 Å². The molecule has 3 heterocycles. The molecule has 0 atom stereocenters. The number of pyridine rings is 1. The largest absolute Gasteiger partial charge is 0.450 e. The molecule has 2 aromatic carbocycles. The fourth-order valence-corrected chi connectivity index (χ4v) is 5.76. The lowest BCUT2D eigenvalue weighted by Crippen LogP contribution is -2.50. The highest BCUT2D eigenvalue weighted by Gasteiger charge is 2.45. The van der Waals surface area contributed by atoms with Crippen LogP contribution in [0.25, 0.3) is 11.0 Å². The van der Waals surface area contributed by atoms with Crippen molar-refractivity contribution in [3.63, 3.8) is 0 Å². The van der Waals surface area contributed by atoms with Gasteiger partial charge in [0.2, 0.25) is 0 Å². The molecule has 5 rings (SSSR count). The van der Waals surface area contributed by atoms with Crippen molar-refractivity contribution in [1.29, 1.82) is 0 Å². The van der Waals surface area contributed by atoms with Crippen LogP contribution < -0.4 is 10.1 Å². The van der Waals surface area contributed by atoms with Gasteiger partial charge in [0.25, 0.3) is 0 Å². The van der Waals surface area contributed by atoms with Crippen molar-refractivity contribution in [2.75, 3.05) is 25.1 Å². The molecule has 0 unspecified atom stereocenters. The van der Waals surface area contributed by atoms with Gasteiger partial charge in [0.1, 0.15) is 30.3 Å². The minimum Gasteiger partial charge on any atom is -0.450 e. The van der Waals surface area contributed by atoms with Crippen LogP contribution in [0.4, 0.5) is 19.3 Å². The number of halogens is 2. The topological polar surface area (TPSA) is 93.1 Å². The molecule has 0 bridgehead atoms. The second kappa shape index (κ2) is 13.7. The molecule has 1 aliphatic rings. The molecular weight excluding hydrogens is 600 g/mol. The third kappa shape index (κ3) is 7.88. The molecule has 2 aromatic heterocycles. The quantitative estimate of drug-likeness (QED) is 0.118. The third-order valence-electron chi connectivity index (χ3n) is 7.24. The second-order valence-electron chi connectivity index (χ2n) is 12.6. The Morgan fingerprint density at radius 1 is 1.11 bits per heavy atom. The minimum atomic E-state index is -1.29. The predicted octanol–water partition coefficient (Wildman–Crippen LogP) is 7.82. The van der Waals surface area contributed by atoms with E-state index in [2.05, 4.69) is 29.9 Å². The highest BCUT2D eigenvalue weighted by atomic mass is 28.3. The van der Waals surface area contributed by atoms with Crippen LogP contribution in [0.2, 0.25) is 25.7 Å². The molecule has 1 fully saturated rings. The van der Waals surface area contributed by atoms with Crippen molar-refractivity contribution < 1.29 is 37.3 Å². The number of ether oxygens (including phenoxy) is 5. The number of aromatic nitrogens is 2. The number of fused-ring (bicyclic) bond motifs is 1. The van der Waals surface area contributed by atoms with Crippen molar-refractivity contribution in [2.45, 2.75) is 64.6 Å². The summed E-state index contributed by atoms with van der Waals surface area (Å²) in [5.41, 5.74) is 1.12.